The van der Waals surface area contributed by atoms with Crippen LogP contribution < -0.4 is 10.2 Å². The van der Waals surface area contributed by atoms with E-state index in [9.17, 15) is 4.79 Å². The van der Waals surface area contributed by atoms with Crippen LogP contribution in [0.25, 0.3) is 0 Å². The third-order valence-electron chi connectivity index (χ3n) is 2.71. The standard InChI is InChI=1S/C15H16N2O/c1-17(14-10-6-3-7-11-14)12-16-15(18)13-8-4-2-5-9-13/h2-11H,12H2,1H3,(H,16,18). The molecule has 1 amide bonds. The molecule has 0 aliphatic carbocycles. The minimum atomic E-state index is -0.0571. The average Bonchev–Trinajstić information content (AvgIpc) is 2.46. The highest BCUT2D eigenvalue weighted by atomic mass is 16.1. The first-order valence-corrected chi connectivity index (χ1v) is 5.87. The molecule has 0 radical (unpaired) electrons. The molecular formula is C15H16N2O. The third kappa shape index (κ3) is 3.10. The van der Waals surface area contributed by atoms with Gasteiger partial charge >= 0.3 is 0 Å². The van der Waals surface area contributed by atoms with E-state index in [1.54, 1.807) is 12.1 Å². The van der Waals surface area contributed by atoms with E-state index in [0.717, 1.165) is 5.69 Å². The van der Waals surface area contributed by atoms with Crippen LogP contribution in [-0.2, 0) is 0 Å². The van der Waals surface area contributed by atoms with Gasteiger partial charge < -0.3 is 10.2 Å². The van der Waals surface area contributed by atoms with Gasteiger partial charge in [0.1, 0.15) is 0 Å². The van der Waals surface area contributed by atoms with Crippen molar-refractivity contribution in [1.29, 1.82) is 0 Å². The van der Waals surface area contributed by atoms with Gasteiger partial charge in [-0.3, -0.25) is 4.79 Å². The number of hydrogen-bond donors (Lipinski definition) is 1. The van der Waals surface area contributed by atoms with Gasteiger partial charge in [0.15, 0.2) is 0 Å². The van der Waals surface area contributed by atoms with E-state index in [1.165, 1.54) is 0 Å². The van der Waals surface area contributed by atoms with Crippen LogP contribution in [0.15, 0.2) is 60.7 Å². The first kappa shape index (κ1) is 12.2. The van der Waals surface area contributed by atoms with Gasteiger partial charge in [0.2, 0.25) is 0 Å². The summed E-state index contributed by atoms with van der Waals surface area (Å²) in [6.07, 6.45) is 0. The van der Waals surface area contributed by atoms with Gasteiger partial charge in [-0.25, -0.2) is 0 Å². The molecule has 2 aromatic rings. The van der Waals surface area contributed by atoms with Gasteiger partial charge in [-0.1, -0.05) is 36.4 Å². The Morgan fingerprint density at radius 3 is 2.17 bits per heavy atom. The van der Waals surface area contributed by atoms with Crippen molar-refractivity contribution in [2.45, 2.75) is 0 Å². The van der Waals surface area contributed by atoms with Crippen molar-refractivity contribution in [1.82, 2.24) is 5.32 Å². The lowest BCUT2D eigenvalue weighted by Crippen LogP contribution is -2.35. The topological polar surface area (TPSA) is 32.3 Å². The Kier molecular flexibility index (Phi) is 3.97. The normalized spacial score (nSPS) is 9.83. The molecule has 0 spiro atoms. The summed E-state index contributed by atoms with van der Waals surface area (Å²) in [5.74, 6) is -0.0571. The number of rotatable bonds is 4. The third-order valence-corrected chi connectivity index (χ3v) is 2.71. The Morgan fingerprint density at radius 2 is 1.56 bits per heavy atom. The minimum Gasteiger partial charge on any atom is -0.357 e. The molecule has 0 fully saturated rings. The molecule has 0 saturated heterocycles. The predicted octanol–water partition coefficient (Wildman–Crippen LogP) is 2.51. The van der Waals surface area contributed by atoms with Crippen molar-refractivity contribution in [3.8, 4) is 0 Å². The van der Waals surface area contributed by atoms with Crippen LogP contribution >= 0.6 is 0 Å². The monoisotopic (exact) mass is 240 g/mol. The molecule has 0 atom stereocenters. The average molecular weight is 240 g/mol. The van der Waals surface area contributed by atoms with E-state index in [2.05, 4.69) is 5.32 Å². The fourth-order valence-electron chi connectivity index (χ4n) is 1.66. The smallest absolute Gasteiger partial charge is 0.252 e. The summed E-state index contributed by atoms with van der Waals surface area (Å²) < 4.78 is 0. The molecular weight excluding hydrogens is 224 g/mol. The number of carbonyl (C=O) groups excluding carboxylic acids is 1. The second kappa shape index (κ2) is 5.87. The van der Waals surface area contributed by atoms with Crippen LogP contribution in [0.1, 0.15) is 10.4 Å². The summed E-state index contributed by atoms with van der Waals surface area (Å²) >= 11 is 0. The van der Waals surface area contributed by atoms with Gasteiger partial charge in [-0.05, 0) is 24.3 Å². The number of carbonyl (C=O) groups is 1. The Bertz CT molecular complexity index is 496. The maximum Gasteiger partial charge on any atom is 0.252 e. The molecule has 3 nitrogen and oxygen atoms in total. The van der Waals surface area contributed by atoms with Crippen molar-refractivity contribution in [3.05, 3.63) is 66.2 Å². The van der Waals surface area contributed by atoms with E-state index in [0.29, 0.717) is 12.2 Å². The molecule has 2 rings (SSSR count). The highest BCUT2D eigenvalue weighted by Gasteiger charge is 2.05. The van der Waals surface area contributed by atoms with Crippen LogP contribution in [-0.4, -0.2) is 19.6 Å². The first-order chi connectivity index (χ1) is 8.77. The first-order valence-electron chi connectivity index (χ1n) is 5.87. The Hall–Kier alpha value is -2.29. The molecule has 0 aromatic heterocycles. The SMILES string of the molecule is CN(CNC(=O)c1ccccc1)c1ccccc1. The van der Waals surface area contributed by atoms with E-state index in [-0.39, 0.29) is 5.91 Å². The van der Waals surface area contributed by atoms with Crippen molar-refractivity contribution in [3.63, 3.8) is 0 Å². The molecule has 0 saturated carbocycles. The zero-order valence-electron chi connectivity index (χ0n) is 10.3. The second-order valence-corrected chi connectivity index (χ2v) is 4.06. The summed E-state index contributed by atoms with van der Waals surface area (Å²) in [4.78, 5) is 13.8. The predicted molar refractivity (Wildman–Crippen MR) is 73.6 cm³/mol. The highest BCUT2D eigenvalue weighted by molar-refractivity contribution is 5.94. The molecule has 18 heavy (non-hydrogen) atoms. The van der Waals surface area contributed by atoms with Crippen LogP contribution in [0.4, 0.5) is 5.69 Å². The number of anilines is 1. The van der Waals surface area contributed by atoms with Gasteiger partial charge in [-0.2, -0.15) is 0 Å². The van der Waals surface area contributed by atoms with Crippen molar-refractivity contribution < 1.29 is 4.79 Å². The lowest BCUT2D eigenvalue weighted by atomic mass is 10.2. The highest BCUT2D eigenvalue weighted by Crippen LogP contribution is 2.09. The van der Waals surface area contributed by atoms with E-state index >= 15 is 0 Å². The Morgan fingerprint density at radius 1 is 1.00 bits per heavy atom. The molecule has 2 aromatic carbocycles. The number of amides is 1. The molecule has 0 unspecified atom stereocenters. The van der Waals surface area contributed by atoms with Gasteiger partial charge in [0.05, 0.1) is 6.67 Å². The summed E-state index contributed by atoms with van der Waals surface area (Å²) in [5.41, 5.74) is 1.75. The van der Waals surface area contributed by atoms with Crippen molar-refractivity contribution in [2.75, 3.05) is 18.6 Å². The van der Waals surface area contributed by atoms with Gasteiger partial charge in [0.25, 0.3) is 5.91 Å². The zero-order chi connectivity index (χ0) is 12.8. The quantitative estimate of drug-likeness (QED) is 0.833. The lowest BCUT2D eigenvalue weighted by molar-refractivity contribution is 0.0954. The van der Waals surface area contributed by atoms with Gasteiger partial charge in [-0.15, -0.1) is 0 Å². The second-order valence-electron chi connectivity index (χ2n) is 4.06. The molecule has 0 aliphatic rings. The van der Waals surface area contributed by atoms with Crippen molar-refractivity contribution in [2.24, 2.45) is 0 Å². The van der Waals surface area contributed by atoms with Crippen LogP contribution in [0.3, 0.4) is 0 Å². The molecule has 0 heterocycles. The summed E-state index contributed by atoms with van der Waals surface area (Å²) in [6, 6.07) is 19.2. The van der Waals surface area contributed by atoms with Crippen molar-refractivity contribution >= 4 is 11.6 Å². The number of hydrogen-bond acceptors (Lipinski definition) is 2. The molecule has 1 N–H and O–H groups in total. The van der Waals surface area contributed by atoms with Gasteiger partial charge in [0, 0.05) is 18.3 Å². The number of benzene rings is 2. The van der Waals surface area contributed by atoms with Crippen LogP contribution in [0, 0.1) is 0 Å². The minimum absolute atomic E-state index is 0.0571. The summed E-state index contributed by atoms with van der Waals surface area (Å²) in [6.45, 7) is 0.484. The molecule has 3 heteroatoms. The number of para-hydroxylation sites is 1. The Balaban J connectivity index is 1.91. The maximum absolute atomic E-state index is 11.8. The zero-order valence-corrected chi connectivity index (χ0v) is 10.3. The number of nitrogens with one attached hydrogen (secondary N) is 1. The molecule has 0 bridgehead atoms. The fourth-order valence-corrected chi connectivity index (χ4v) is 1.66. The Labute approximate surface area is 107 Å². The summed E-state index contributed by atoms with van der Waals surface area (Å²) in [7, 11) is 1.95. The van der Waals surface area contributed by atoms with Crippen LogP contribution in [0.2, 0.25) is 0 Å². The van der Waals surface area contributed by atoms with E-state index < -0.39 is 0 Å². The fraction of sp³-hybridized carbons (Fsp3) is 0.133. The molecule has 0 aliphatic heterocycles. The van der Waals surface area contributed by atoms with Crippen LogP contribution in [0.5, 0.6) is 0 Å². The number of nitrogens with zero attached hydrogens (tertiary/aromatic N) is 1. The molecule has 92 valence electrons. The lowest BCUT2D eigenvalue weighted by Gasteiger charge is -2.19. The van der Waals surface area contributed by atoms with E-state index in [1.807, 2.05) is 60.5 Å². The van der Waals surface area contributed by atoms with E-state index in [4.69, 9.17) is 0 Å². The maximum atomic E-state index is 11.8. The largest absolute Gasteiger partial charge is 0.357 e. The summed E-state index contributed by atoms with van der Waals surface area (Å²) in [5, 5.41) is 2.88.